The van der Waals surface area contributed by atoms with Gasteiger partial charge in [0.1, 0.15) is 11.6 Å². The zero-order valence-corrected chi connectivity index (χ0v) is 12.4. The lowest BCUT2D eigenvalue weighted by atomic mass is 10.1. The molecule has 0 aromatic heterocycles. The molecule has 0 fully saturated rings. The van der Waals surface area contributed by atoms with Gasteiger partial charge in [-0.3, -0.25) is 9.59 Å². The number of halogens is 2. The Balaban J connectivity index is 2.31. The van der Waals surface area contributed by atoms with Crippen LogP contribution in [0.15, 0.2) is 22.7 Å². The molecule has 1 atom stereocenters. The summed E-state index contributed by atoms with van der Waals surface area (Å²) in [4.78, 5) is 22.1. The lowest BCUT2D eigenvalue weighted by molar-refractivity contribution is -0.141. The van der Waals surface area contributed by atoms with Crippen molar-refractivity contribution >= 4 is 27.8 Å². The van der Waals surface area contributed by atoms with E-state index in [2.05, 4.69) is 21.2 Å². The van der Waals surface area contributed by atoms with Gasteiger partial charge in [-0.2, -0.15) is 0 Å². The summed E-state index contributed by atoms with van der Waals surface area (Å²) >= 11 is 3.12. The van der Waals surface area contributed by atoms with Gasteiger partial charge in [-0.05, 0) is 40.5 Å². The Labute approximate surface area is 124 Å². The minimum Gasteiger partial charge on any atom is -0.483 e. The zero-order valence-electron chi connectivity index (χ0n) is 10.9. The van der Waals surface area contributed by atoms with Crippen LogP contribution < -0.4 is 10.1 Å². The second kappa shape index (κ2) is 7.84. The van der Waals surface area contributed by atoms with E-state index in [0.717, 1.165) is 0 Å². The molecule has 1 aromatic carbocycles. The van der Waals surface area contributed by atoms with Gasteiger partial charge in [-0.1, -0.05) is 6.92 Å². The van der Waals surface area contributed by atoms with Gasteiger partial charge in [0, 0.05) is 6.54 Å². The third-order valence-electron chi connectivity index (χ3n) is 2.57. The summed E-state index contributed by atoms with van der Waals surface area (Å²) in [6.07, 6.45) is 0.349. The molecule has 0 aliphatic heterocycles. The first-order chi connectivity index (χ1) is 9.40. The number of hydrogen-bond acceptors (Lipinski definition) is 3. The Kier molecular flexibility index (Phi) is 6.44. The van der Waals surface area contributed by atoms with Crippen LogP contribution in [0, 0.1) is 11.7 Å². The molecule has 0 saturated heterocycles. The predicted molar refractivity (Wildman–Crippen MR) is 74.0 cm³/mol. The number of nitrogens with one attached hydrogen (secondary N) is 1. The summed E-state index contributed by atoms with van der Waals surface area (Å²) in [5, 5.41) is 11.2. The highest BCUT2D eigenvalue weighted by Gasteiger charge is 2.11. The van der Waals surface area contributed by atoms with Gasteiger partial charge >= 0.3 is 5.97 Å². The summed E-state index contributed by atoms with van der Waals surface area (Å²) in [5.41, 5.74) is 0. The summed E-state index contributed by atoms with van der Waals surface area (Å²) in [7, 11) is 0. The molecule has 1 amide bonds. The van der Waals surface area contributed by atoms with Crippen LogP contribution in [0.2, 0.25) is 0 Å². The van der Waals surface area contributed by atoms with E-state index in [9.17, 15) is 14.0 Å². The van der Waals surface area contributed by atoms with E-state index in [-0.39, 0.29) is 19.1 Å². The molecule has 1 aromatic rings. The average Bonchev–Trinajstić information content (AvgIpc) is 2.37. The Bertz CT molecular complexity index is 495. The molecule has 2 N–H and O–H groups in total. The number of hydrogen-bond donors (Lipinski definition) is 2. The van der Waals surface area contributed by atoms with Crippen LogP contribution >= 0.6 is 15.9 Å². The third kappa shape index (κ3) is 5.56. The molecule has 7 heteroatoms. The molecule has 0 heterocycles. The first kappa shape index (κ1) is 16.4. The zero-order chi connectivity index (χ0) is 15.1. The lowest BCUT2D eigenvalue weighted by Gasteiger charge is -2.10. The molecule has 0 radical (unpaired) electrons. The fraction of sp³-hybridized carbons (Fsp3) is 0.385. The molecule has 1 unspecified atom stereocenters. The van der Waals surface area contributed by atoms with Crippen molar-refractivity contribution in [3.05, 3.63) is 28.5 Å². The SMILES string of the molecule is CC(CCNC(=O)COc1ccc(F)cc1Br)C(=O)O. The number of carboxylic acids is 1. The van der Waals surface area contributed by atoms with Crippen LogP contribution in [0.4, 0.5) is 4.39 Å². The molecular weight excluding hydrogens is 333 g/mol. The molecule has 5 nitrogen and oxygen atoms in total. The number of amides is 1. The molecule has 0 spiro atoms. The topological polar surface area (TPSA) is 75.6 Å². The molecule has 110 valence electrons. The number of carbonyl (C=O) groups is 2. The van der Waals surface area contributed by atoms with Gasteiger partial charge in [0.25, 0.3) is 5.91 Å². The minimum atomic E-state index is -0.897. The number of ether oxygens (including phenoxy) is 1. The van der Waals surface area contributed by atoms with Gasteiger partial charge in [-0.15, -0.1) is 0 Å². The van der Waals surface area contributed by atoms with Crippen molar-refractivity contribution in [3.63, 3.8) is 0 Å². The molecule has 0 aliphatic rings. The summed E-state index contributed by atoms with van der Waals surface area (Å²) in [6.45, 7) is 1.62. The van der Waals surface area contributed by atoms with Crippen LogP contribution in [0.25, 0.3) is 0 Å². The number of benzene rings is 1. The largest absolute Gasteiger partial charge is 0.483 e. The van der Waals surface area contributed by atoms with Crippen LogP contribution in [-0.4, -0.2) is 30.1 Å². The second-order valence-electron chi connectivity index (χ2n) is 4.24. The second-order valence-corrected chi connectivity index (χ2v) is 5.10. The Morgan fingerprint density at radius 3 is 2.80 bits per heavy atom. The van der Waals surface area contributed by atoms with Crippen molar-refractivity contribution in [1.29, 1.82) is 0 Å². The molecule has 1 rings (SSSR count). The van der Waals surface area contributed by atoms with Gasteiger partial charge in [0.2, 0.25) is 0 Å². The van der Waals surface area contributed by atoms with Crippen LogP contribution in [0.3, 0.4) is 0 Å². The highest BCUT2D eigenvalue weighted by Crippen LogP contribution is 2.25. The molecule has 0 bridgehead atoms. The highest BCUT2D eigenvalue weighted by atomic mass is 79.9. The minimum absolute atomic E-state index is 0.217. The maximum atomic E-state index is 12.8. The first-order valence-electron chi connectivity index (χ1n) is 5.97. The van der Waals surface area contributed by atoms with Crippen LogP contribution in [0.5, 0.6) is 5.75 Å². The monoisotopic (exact) mass is 347 g/mol. The summed E-state index contributed by atoms with van der Waals surface area (Å²) in [5.74, 6) is -1.82. The van der Waals surface area contributed by atoms with Crippen molar-refractivity contribution in [2.75, 3.05) is 13.2 Å². The maximum Gasteiger partial charge on any atom is 0.306 e. The Morgan fingerprint density at radius 1 is 1.50 bits per heavy atom. The normalized spacial score (nSPS) is 11.8. The third-order valence-corrected chi connectivity index (χ3v) is 3.19. The van der Waals surface area contributed by atoms with Crippen LogP contribution in [0.1, 0.15) is 13.3 Å². The number of rotatable bonds is 7. The first-order valence-corrected chi connectivity index (χ1v) is 6.77. The fourth-order valence-electron chi connectivity index (χ4n) is 1.34. The molecule has 0 aliphatic carbocycles. The van der Waals surface area contributed by atoms with E-state index < -0.39 is 17.7 Å². The van der Waals surface area contributed by atoms with E-state index in [0.29, 0.717) is 16.6 Å². The van der Waals surface area contributed by atoms with E-state index in [1.165, 1.54) is 18.2 Å². The predicted octanol–water partition coefficient (Wildman–Crippen LogP) is 2.19. The van der Waals surface area contributed by atoms with E-state index in [4.69, 9.17) is 9.84 Å². The van der Waals surface area contributed by atoms with Gasteiger partial charge in [0.15, 0.2) is 6.61 Å². The van der Waals surface area contributed by atoms with Crippen molar-refractivity contribution in [2.24, 2.45) is 5.92 Å². The van der Waals surface area contributed by atoms with Gasteiger partial charge < -0.3 is 15.2 Å². The lowest BCUT2D eigenvalue weighted by Crippen LogP contribution is -2.31. The Hall–Kier alpha value is -1.63. The molecular formula is C13H15BrFNO4. The molecule has 20 heavy (non-hydrogen) atoms. The van der Waals surface area contributed by atoms with E-state index in [1.807, 2.05) is 0 Å². The smallest absolute Gasteiger partial charge is 0.306 e. The van der Waals surface area contributed by atoms with E-state index in [1.54, 1.807) is 6.92 Å². The number of carbonyl (C=O) groups excluding carboxylic acids is 1. The van der Waals surface area contributed by atoms with Crippen molar-refractivity contribution in [2.45, 2.75) is 13.3 Å². The highest BCUT2D eigenvalue weighted by molar-refractivity contribution is 9.10. The standard InChI is InChI=1S/C13H15BrFNO4/c1-8(13(18)19)4-5-16-12(17)7-20-11-3-2-9(15)6-10(11)14/h2-3,6,8H,4-5,7H2,1H3,(H,16,17)(H,18,19). The average molecular weight is 348 g/mol. The fourth-order valence-corrected chi connectivity index (χ4v) is 1.80. The Morgan fingerprint density at radius 2 is 2.20 bits per heavy atom. The van der Waals surface area contributed by atoms with Gasteiger partial charge in [0.05, 0.1) is 10.4 Å². The maximum absolute atomic E-state index is 12.8. The number of aliphatic carboxylic acids is 1. The van der Waals surface area contributed by atoms with Crippen LogP contribution in [-0.2, 0) is 9.59 Å². The summed E-state index contributed by atoms with van der Waals surface area (Å²) in [6, 6.07) is 3.88. The van der Waals surface area contributed by atoms with Gasteiger partial charge in [-0.25, -0.2) is 4.39 Å². The summed E-state index contributed by atoms with van der Waals surface area (Å²) < 4.78 is 18.5. The van der Waals surface area contributed by atoms with Crippen molar-refractivity contribution in [1.82, 2.24) is 5.32 Å². The van der Waals surface area contributed by atoms with Crippen molar-refractivity contribution < 1.29 is 23.8 Å². The molecule has 0 saturated carbocycles. The quantitative estimate of drug-likeness (QED) is 0.792. The number of carboxylic acid groups (broad SMARTS) is 1. The van der Waals surface area contributed by atoms with Crippen molar-refractivity contribution in [3.8, 4) is 5.75 Å². The van der Waals surface area contributed by atoms with E-state index >= 15 is 0 Å².